The molecule has 2 aromatic rings. The Morgan fingerprint density at radius 2 is 2.00 bits per heavy atom. The number of amides is 1. The number of likely N-dealkylation sites (tertiary alicyclic amines) is 1. The van der Waals surface area contributed by atoms with Crippen molar-refractivity contribution in [2.24, 2.45) is 5.92 Å². The van der Waals surface area contributed by atoms with E-state index in [2.05, 4.69) is 4.98 Å². The Bertz CT molecular complexity index is 678. The fourth-order valence-electron chi connectivity index (χ4n) is 3.00. The number of thiazole rings is 1. The van der Waals surface area contributed by atoms with E-state index >= 15 is 0 Å². The number of aliphatic hydroxyl groups is 1. The van der Waals surface area contributed by atoms with Crippen LogP contribution >= 0.6 is 11.3 Å². The fourth-order valence-corrected chi connectivity index (χ4v) is 3.77. The monoisotopic (exact) mass is 334 g/mol. The highest BCUT2D eigenvalue weighted by atomic mass is 32.1. The van der Waals surface area contributed by atoms with Gasteiger partial charge in [0.05, 0.1) is 17.3 Å². The first-order valence-corrected chi connectivity index (χ1v) is 8.57. The van der Waals surface area contributed by atoms with Gasteiger partial charge in [-0.15, -0.1) is 11.3 Å². The molecule has 0 bridgehead atoms. The van der Waals surface area contributed by atoms with Gasteiger partial charge in [-0.3, -0.25) is 4.79 Å². The highest BCUT2D eigenvalue weighted by Gasteiger charge is 2.29. The molecule has 1 saturated heterocycles. The van der Waals surface area contributed by atoms with Gasteiger partial charge in [0.2, 0.25) is 0 Å². The van der Waals surface area contributed by atoms with Gasteiger partial charge in [-0.1, -0.05) is 12.1 Å². The summed E-state index contributed by atoms with van der Waals surface area (Å²) < 4.78 is 13.0. The van der Waals surface area contributed by atoms with Crippen molar-refractivity contribution in [3.05, 3.63) is 51.7 Å². The van der Waals surface area contributed by atoms with Crippen LogP contribution in [-0.4, -0.2) is 34.0 Å². The van der Waals surface area contributed by atoms with Crippen LogP contribution in [0.25, 0.3) is 0 Å². The zero-order chi connectivity index (χ0) is 16.4. The van der Waals surface area contributed by atoms with Crippen LogP contribution in [0.1, 0.15) is 39.9 Å². The van der Waals surface area contributed by atoms with Gasteiger partial charge in [0.1, 0.15) is 10.7 Å². The zero-order valence-electron chi connectivity index (χ0n) is 12.9. The molecule has 6 heteroatoms. The topological polar surface area (TPSA) is 53.4 Å². The number of aryl methyl sites for hydroxylation is 1. The van der Waals surface area contributed by atoms with Crippen LogP contribution in [0, 0.1) is 18.7 Å². The summed E-state index contributed by atoms with van der Waals surface area (Å²) in [5, 5.41) is 10.5. The number of benzene rings is 1. The molecule has 1 N–H and O–H groups in total. The Hall–Kier alpha value is -1.79. The van der Waals surface area contributed by atoms with Crippen molar-refractivity contribution < 1.29 is 14.3 Å². The molecule has 2 heterocycles. The molecule has 0 radical (unpaired) electrons. The van der Waals surface area contributed by atoms with Crippen molar-refractivity contribution in [1.29, 1.82) is 0 Å². The van der Waals surface area contributed by atoms with Crippen LogP contribution in [0.15, 0.2) is 29.8 Å². The lowest BCUT2D eigenvalue weighted by Gasteiger charge is -2.34. The van der Waals surface area contributed by atoms with Crippen LogP contribution in [-0.2, 0) is 0 Å². The van der Waals surface area contributed by atoms with Crippen LogP contribution < -0.4 is 0 Å². The van der Waals surface area contributed by atoms with Crippen LogP contribution in [0.2, 0.25) is 0 Å². The summed E-state index contributed by atoms with van der Waals surface area (Å²) in [7, 11) is 0. The molecule has 0 saturated carbocycles. The first-order valence-electron chi connectivity index (χ1n) is 7.69. The third-order valence-corrected chi connectivity index (χ3v) is 5.34. The van der Waals surface area contributed by atoms with Gasteiger partial charge in [0, 0.05) is 13.1 Å². The number of hydrogen-bond donors (Lipinski definition) is 1. The number of halogens is 1. The molecule has 0 spiro atoms. The molecule has 4 nitrogen and oxygen atoms in total. The van der Waals surface area contributed by atoms with Crippen molar-refractivity contribution >= 4 is 17.2 Å². The van der Waals surface area contributed by atoms with E-state index in [0.717, 1.165) is 24.1 Å². The maximum Gasteiger partial charge on any atom is 0.265 e. The number of aromatic nitrogens is 1. The van der Waals surface area contributed by atoms with E-state index in [9.17, 15) is 14.3 Å². The number of carbonyl (C=O) groups is 1. The van der Waals surface area contributed by atoms with E-state index in [1.54, 1.807) is 17.6 Å². The maximum atomic E-state index is 13.0. The Balaban J connectivity index is 1.61. The lowest BCUT2D eigenvalue weighted by molar-refractivity contribution is 0.0464. The molecule has 1 fully saturated rings. The number of rotatable bonds is 3. The molecule has 1 aromatic heterocycles. The Morgan fingerprint density at radius 3 is 2.57 bits per heavy atom. The molecule has 1 aliphatic heterocycles. The SMILES string of the molecule is Cc1ncsc1C(=O)N1CCC([C@@H](O)c2ccc(F)cc2)CC1. The number of piperidine rings is 1. The molecular weight excluding hydrogens is 315 g/mol. The lowest BCUT2D eigenvalue weighted by atomic mass is 9.87. The Morgan fingerprint density at radius 1 is 1.35 bits per heavy atom. The minimum atomic E-state index is -0.613. The Kier molecular flexibility index (Phi) is 4.73. The maximum absolute atomic E-state index is 13.0. The number of carbonyl (C=O) groups excluding carboxylic acids is 1. The van der Waals surface area contributed by atoms with Crippen molar-refractivity contribution in [3.63, 3.8) is 0 Å². The average Bonchev–Trinajstić information content (AvgIpc) is 3.00. The summed E-state index contributed by atoms with van der Waals surface area (Å²) in [6.45, 7) is 3.09. The molecule has 1 aromatic carbocycles. The predicted molar refractivity (Wildman–Crippen MR) is 86.8 cm³/mol. The van der Waals surface area contributed by atoms with E-state index in [4.69, 9.17) is 0 Å². The summed E-state index contributed by atoms with van der Waals surface area (Å²) in [4.78, 5) is 19.1. The molecule has 3 rings (SSSR count). The van der Waals surface area contributed by atoms with E-state index in [1.165, 1.54) is 23.5 Å². The lowest BCUT2D eigenvalue weighted by Crippen LogP contribution is -2.39. The molecule has 122 valence electrons. The van der Waals surface area contributed by atoms with Gasteiger partial charge in [-0.2, -0.15) is 0 Å². The van der Waals surface area contributed by atoms with Crippen LogP contribution in [0.3, 0.4) is 0 Å². The third kappa shape index (κ3) is 3.43. The van der Waals surface area contributed by atoms with Gasteiger partial charge in [0.15, 0.2) is 0 Å². The second-order valence-electron chi connectivity index (χ2n) is 5.89. The summed E-state index contributed by atoms with van der Waals surface area (Å²) in [6, 6.07) is 5.98. The normalized spacial score (nSPS) is 17.3. The van der Waals surface area contributed by atoms with Gasteiger partial charge >= 0.3 is 0 Å². The summed E-state index contributed by atoms with van der Waals surface area (Å²) in [5.41, 5.74) is 3.19. The first-order chi connectivity index (χ1) is 11.1. The highest BCUT2D eigenvalue weighted by molar-refractivity contribution is 7.11. The van der Waals surface area contributed by atoms with Gasteiger partial charge in [-0.05, 0) is 43.4 Å². The molecule has 1 atom stereocenters. The summed E-state index contributed by atoms with van der Waals surface area (Å²) in [6.07, 6.45) is 0.863. The van der Waals surface area contributed by atoms with E-state index in [-0.39, 0.29) is 17.6 Å². The standard InChI is InChI=1S/C17H19FN2O2S/c1-11-16(23-10-19-11)17(22)20-8-6-13(7-9-20)15(21)12-2-4-14(18)5-3-12/h2-5,10,13,15,21H,6-9H2,1H3/t15-/m0/s1. The van der Waals surface area contributed by atoms with Crippen LogP contribution in [0.4, 0.5) is 4.39 Å². The summed E-state index contributed by atoms with van der Waals surface area (Å²) >= 11 is 1.37. The average molecular weight is 334 g/mol. The molecule has 0 aliphatic carbocycles. The molecule has 1 aliphatic rings. The van der Waals surface area contributed by atoms with Crippen molar-refractivity contribution in [2.45, 2.75) is 25.9 Å². The van der Waals surface area contributed by atoms with Crippen molar-refractivity contribution in [1.82, 2.24) is 9.88 Å². The number of aliphatic hydroxyl groups excluding tert-OH is 1. The molecular formula is C17H19FN2O2S. The first kappa shape index (κ1) is 16.1. The minimum absolute atomic E-state index is 0.0275. The van der Waals surface area contributed by atoms with E-state index < -0.39 is 6.10 Å². The number of hydrogen-bond acceptors (Lipinski definition) is 4. The fraction of sp³-hybridized carbons (Fsp3) is 0.412. The van der Waals surface area contributed by atoms with Crippen LogP contribution in [0.5, 0.6) is 0 Å². The van der Waals surface area contributed by atoms with E-state index in [1.807, 2.05) is 11.8 Å². The largest absolute Gasteiger partial charge is 0.388 e. The smallest absolute Gasteiger partial charge is 0.265 e. The predicted octanol–water partition coefficient (Wildman–Crippen LogP) is 3.18. The zero-order valence-corrected chi connectivity index (χ0v) is 13.7. The van der Waals surface area contributed by atoms with Crippen molar-refractivity contribution in [3.8, 4) is 0 Å². The second-order valence-corrected chi connectivity index (χ2v) is 6.75. The highest BCUT2D eigenvalue weighted by Crippen LogP contribution is 2.31. The van der Waals surface area contributed by atoms with Gasteiger partial charge in [-0.25, -0.2) is 9.37 Å². The summed E-state index contributed by atoms with van der Waals surface area (Å²) in [5.74, 6) is -0.187. The van der Waals surface area contributed by atoms with Gasteiger partial charge in [0.25, 0.3) is 5.91 Å². The molecule has 0 unspecified atom stereocenters. The minimum Gasteiger partial charge on any atom is -0.388 e. The van der Waals surface area contributed by atoms with Crippen molar-refractivity contribution in [2.75, 3.05) is 13.1 Å². The quantitative estimate of drug-likeness (QED) is 0.938. The van der Waals surface area contributed by atoms with Gasteiger partial charge < -0.3 is 10.0 Å². The molecule has 23 heavy (non-hydrogen) atoms. The Labute approximate surface area is 138 Å². The number of nitrogens with zero attached hydrogens (tertiary/aromatic N) is 2. The molecule has 1 amide bonds. The van der Waals surface area contributed by atoms with E-state index in [0.29, 0.717) is 18.0 Å². The third-order valence-electron chi connectivity index (χ3n) is 4.42. The second kappa shape index (κ2) is 6.76.